The van der Waals surface area contributed by atoms with Crippen LogP contribution in [0.1, 0.15) is 0 Å². The van der Waals surface area contributed by atoms with Gasteiger partial charge in [-0.2, -0.15) is 29.7 Å². The number of aromatic nitrogens is 3. The van der Waals surface area contributed by atoms with E-state index in [1.807, 2.05) is 0 Å². The van der Waals surface area contributed by atoms with Gasteiger partial charge in [-0.3, -0.25) is 0 Å². The Morgan fingerprint density at radius 3 is 0.515 bits per heavy atom. The van der Waals surface area contributed by atoms with Crippen LogP contribution in [0.4, 0.5) is 96.9 Å². The molecule has 1 rings (SSSR count). The number of rotatable bonds is 3. The molecular formula is C9F18N6. The van der Waals surface area contributed by atoms with Crippen LogP contribution in [0.15, 0.2) is 0 Å². The zero-order valence-corrected chi connectivity index (χ0v) is 14.0. The van der Waals surface area contributed by atoms with Crippen LogP contribution in [0.2, 0.25) is 0 Å². The smallest absolute Gasteiger partial charge is 0.176 e. The number of nitrogens with zero attached hydrogens (tertiary/aromatic N) is 6. The highest BCUT2D eigenvalue weighted by molar-refractivity contribution is 5.49. The van der Waals surface area contributed by atoms with Crippen LogP contribution in [0, 0.1) is 0 Å². The summed E-state index contributed by atoms with van der Waals surface area (Å²) in [6.07, 6.45) is -41.5. The second-order valence-electron chi connectivity index (χ2n) is 5.05. The van der Waals surface area contributed by atoms with Crippen molar-refractivity contribution in [3.05, 3.63) is 0 Å². The molecule has 33 heavy (non-hydrogen) atoms. The standard InChI is InChI=1S/C9F18N6/c10-4(11,12)31(5(13,14)15)1-28-2(32(6(16,17)18)7(19,20)21)30-3(29-1)33(8(22,23)24)9(25,26)27. The Hall–Kier alpha value is -2.85. The Balaban J connectivity index is 4.16. The molecule has 0 unspecified atom stereocenters. The number of hydrogen-bond donors (Lipinski definition) is 0. The van der Waals surface area contributed by atoms with Gasteiger partial charge in [-0.25, -0.2) is 0 Å². The lowest BCUT2D eigenvalue weighted by Crippen LogP contribution is -2.53. The summed E-state index contributed by atoms with van der Waals surface area (Å²) < 4.78 is 228. The highest BCUT2D eigenvalue weighted by atomic mass is 19.4. The minimum Gasteiger partial charge on any atom is -0.176 e. The van der Waals surface area contributed by atoms with Crippen LogP contribution in [-0.4, -0.2) is 52.8 Å². The summed E-state index contributed by atoms with van der Waals surface area (Å²) in [4.78, 5) is -4.84. The fourth-order valence-corrected chi connectivity index (χ4v) is 1.75. The second kappa shape index (κ2) is 7.88. The maximum absolute atomic E-state index is 12.7. The van der Waals surface area contributed by atoms with E-state index in [-0.39, 0.29) is 0 Å². The van der Waals surface area contributed by atoms with E-state index in [4.69, 9.17) is 0 Å². The monoisotopic (exact) mass is 534 g/mol. The Morgan fingerprint density at radius 1 is 0.303 bits per heavy atom. The largest absolute Gasteiger partial charge is 0.494 e. The molecule has 0 aliphatic heterocycles. The molecule has 1 heterocycles. The van der Waals surface area contributed by atoms with Crippen molar-refractivity contribution in [3.63, 3.8) is 0 Å². The first-order chi connectivity index (χ1) is 14.2. The summed E-state index contributed by atoms with van der Waals surface area (Å²) in [6, 6.07) is 0. The molecule has 0 fully saturated rings. The zero-order chi connectivity index (χ0) is 26.6. The molecule has 192 valence electrons. The molecule has 0 atom stereocenters. The van der Waals surface area contributed by atoms with Crippen molar-refractivity contribution in [1.29, 1.82) is 0 Å². The van der Waals surface area contributed by atoms with Gasteiger partial charge in [0.25, 0.3) is 0 Å². The lowest BCUT2D eigenvalue weighted by atomic mass is 10.6. The first-order valence-corrected chi connectivity index (χ1v) is 6.76. The average molecular weight is 534 g/mol. The topological polar surface area (TPSA) is 48.4 Å². The van der Waals surface area contributed by atoms with E-state index < -0.39 is 70.3 Å². The van der Waals surface area contributed by atoms with E-state index in [0.717, 1.165) is 0 Å². The van der Waals surface area contributed by atoms with E-state index in [1.54, 1.807) is 0 Å². The molecule has 0 amide bonds. The van der Waals surface area contributed by atoms with Gasteiger partial charge in [0.05, 0.1) is 0 Å². The van der Waals surface area contributed by atoms with Gasteiger partial charge in [0, 0.05) is 0 Å². The number of alkyl halides is 18. The summed E-state index contributed by atoms with van der Waals surface area (Å²) in [5, 5.41) is 0. The van der Waals surface area contributed by atoms with Crippen molar-refractivity contribution in [3.8, 4) is 0 Å². The Bertz CT molecular complexity index is 663. The normalized spacial score (nSPS) is 14.4. The lowest BCUT2D eigenvalue weighted by Gasteiger charge is -2.31. The second-order valence-corrected chi connectivity index (χ2v) is 5.05. The highest BCUT2D eigenvalue weighted by Crippen LogP contribution is 2.43. The maximum Gasteiger partial charge on any atom is 0.494 e. The van der Waals surface area contributed by atoms with E-state index in [2.05, 4.69) is 0 Å². The molecule has 0 radical (unpaired) electrons. The van der Waals surface area contributed by atoms with Crippen LogP contribution in [0.3, 0.4) is 0 Å². The first-order valence-electron chi connectivity index (χ1n) is 6.76. The van der Waals surface area contributed by atoms with Crippen LogP contribution < -0.4 is 14.7 Å². The average Bonchev–Trinajstić information content (AvgIpc) is 2.35. The van der Waals surface area contributed by atoms with E-state index >= 15 is 0 Å². The van der Waals surface area contributed by atoms with Crippen LogP contribution in [-0.2, 0) is 0 Å². The van der Waals surface area contributed by atoms with Crippen molar-refractivity contribution < 1.29 is 79.0 Å². The minimum atomic E-state index is -6.92. The number of hydrogen-bond acceptors (Lipinski definition) is 6. The van der Waals surface area contributed by atoms with Gasteiger partial charge in [0.1, 0.15) is 0 Å². The van der Waals surface area contributed by atoms with Crippen LogP contribution in [0.25, 0.3) is 0 Å². The third-order valence-electron chi connectivity index (χ3n) is 2.72. The van der Waals surface area contributed by atoms with Crippen molar-refractivity contribution >= 4 is 17.8 Å². The first kappa shape index (κ1) is 28.2. The van der Waals surface area contributed by atoms with Crippen molar-refractivity contribution in [2.75, 3.05) is 14.7 Å². The molecule has 0 N–H and O–H groups in total. The van der Waals surface area contributed by atoms with Gasteiger partial charge in [0.2, 0.25) is 17.8 Å². The summed E-state index contributed by atoms with van der Waals surface area (Å²) in [6.45, 7) is 0. The fraction of sp³-hybridized carbons (Fsp3) is 0.667. The van der Waals surface area contributed by atoms with Crippen molar-refractivity contribution in [2.45, 2.75) is 37.8 Å². The Labute approximate surface area is 166 Å². The third-order valence-corrected chi connectivity index (χ3v) is 2.72. The molecule has 0 saturated heterocycles. The molecule has 0 spiro atoms. The molecule has 0 bridgehead atoms. The summed E-state index contributed by atoms with van der Waals surface area (Å²) >= 11 is 0. The van der Waals surface area contributed by atoms with Gasteiger partial charge in [0.15, 0.2) is 0 Å². The number of anilines is 3. The maximum atomic E-state index is 12.7. The van der Waals surface area contributed by atoms with Gasteiger partial charge in [-0.15, -0.1) is 79.0 Å². The Morgan fingerprint density at radius 2 is 0.424 bits per heavy atom. The summed E-state index contributed by atoms with van der Waals surface area (Å²) in [7, 11) is 0. The lowest BCUT2D eigenvalue weighted by molar-refractivity contribution is -0.228. The molecule has 0 aliphatic carbocycles. The quantitative estimate of drug-likeness (QED) is 0.382. The summed E-state index contributed by atoms with van der Waals surface area (Å²) in [5.74, 6) is -10.6. The van der Waals surface area contributed by atoms with Gasteiger partial charge >= 0.3 is 37.8 Å². The van der Waals surface area contributed by atoms with Gasteiger partial charge in [-0.1, -0.05) is 0 Å². The SMILES string of the molecule is FC(F)(F)N(c1nc(N(C(F)(F)F)C(F)(F)F)nc(N(C(F)(F)F)C(F)(F)F)n1)C(F)(F)F. The molecular weight excluding hydrogens is 534 g/mol. The van der Waals surface area contributed by atoms with Crippen molar-refractivity contribution in [2.24, 2.45) is 0 Å². The molecule has 6 nitrogen and oxygen atoms in total. The fourth-order valence-electron chi connectivity index (χ4n) is 1.75. The minimum absolute atomic E-state index is 1.53. The highest BCUT2D eigenvalue weighted by Gasteiger charge is 2.61. The third kappa shape index (κ3) is 6.58. The molecule has 0 aromatic carbocycles. The van der Waals surface area contributed by atoms with Gasteiger partial charge in [-0.05, 0) is 0 Å². The molecule has 1 aromatic heterocycles. The number of halogens is 18. The van der Waals surface area contributed by atoms with Crippen LogP contribution in [0.5, 0.6) is 0 Å². The van der Waals surface area contributed by atoms with Crippen molar-refractivity contribution in [1.82, 2.24) is 15.0 Å². The molecule has 0 aliphatic rings. The van der Waals surface area contributed by atoms with E-state index in [9.17, 15) is 79.0 Å². The predicted molar refractivity (Wildman–Crippen MR) is 63.6 cm³/mol. The van der Waals surface area contributed by atoms with Gasteiger partial charge < -0.3 is 0 Å². The predicted octanol–water partition coefficient (Wildman–Crippen LogP) is 5.41. The Kier molecular flexibility index (Phi) is 6.73. The van der Waals surface area contributed by atoms with Crippen LogP contribution >= 0.6 is 0 Å². The molecule has 1 aromatic rings. The zero-order valence-electron chi connectivity index (χ0n) is 14.0. The van der Waals surface area contributed by atoms with E-state index in [0.29, 0.717) is 0 Å². The molecule has 0 saturated carbocycles. The van der Waals surface area contributed by atoms with E-state index in [1.165, 1.54) is 15.0 Å². The molecule has 24 heteroatoms. The summed E-state index contributed by atoms with van der Waals surface area (Å²) in [5.41, 5.74) is 0.